The van der Waals surface area contributed by atoms with Gasteiger partial charge in [-0.05, 0) is 6.92 Å². The largest absolute Gasteiger partial charge is 0.465 e. The minimum absolute atomic E-state index is 0.375. The topological polar surface area (TPSA) is 26.3 Å². The Bertz CT molecular complexity index is 145. The molecule has 0 N–H and O–H groups in total. The normalized spacial score (nSPS) is 9.56. The maximum absolute atomic E-state index is 10.5. The Kier molecular flexibility index (Phi) is 3.44. The molecule has 0 heterocycles. The van der Waals surface area contributed by atoms with Crippen LogP contribution in [0.2, 0.25) is 0 Å². The first kappa shape index (κ1) is 7.95. The van der Waals surface area contributed by atoms with Crippen molar-refractivity contribution in [3.63, 3.8) is 0 Å². The van der Waals surface area contributed by atoms with Crippen molar-refractivity contribution in [1.82, 2.24) is 0 Å². The van der Waals surface area contributed by atoms with Crippen molar-refractivity contribution in [2.75, 3.05) is 7.11 Å². The number of methoxy groups -OCH3 is 1. The third-order valence-electron chi connectivity index (χ3n) is 0.815. The molecule has 0 bridgehead atoms. The van der Waals surface area contributed by atoms with Crippen molar-refractivity contribution in [3.8, 4) is 0 Å². The zero-order valence-corrected chi connectivity index (χ0v) is 5.68. The summed E-state index contributed by atoms with van der Waals surface area (Å²) in [6.07, 6.45) is 3.34. The van der Waals surface area contributed by atoms with Gasteiger partial charge in [0.2, 0.25) is 0 Å². The summed E-state index contributed by atoms with van der Waals surface area (Å²) in [6.45, 7) is 5.27. The van der Waals surface area contributed by atoms with E-state index < -0.39 is 0 Å². The molecule has 0 rings (SSSR count). The fourth-order valence-electron chi connectivity index (χ4n) is 0.400. The first-order valence-electron chi connectivity index (χ1n) is 2.62. The minimum atomic E-state index is -0.381. The molecule has 0 fully saturated rings. The van der Waals surface area contributed by atoms with Crippen molar-refractivity contribution < 1.29 is 9.53 Å². The number of ether oxygens (including phenoxy) is 1. The molecule has 0 amide bonds. The summed E-state index contributed by atoms with van der Waals surface area (Å²) in [5.74, 6) is -0.381. The van der Waals surface area contributed by atoms with Gasteiger partial charge in [0.1, 0.15) is 0 Å². The Hall–Kier alpha value is -1.05. The van der Waals surface area contributed by atoms with Gasteiger partial charge in [0.15, 0.2) is 0 Å². The van der Waals surface area contributed by atoms with E-state index in [1.54, 1.807) is 12.2 Å². The average Bonchev–Trinajstić information content (AvgIpc) is 1.87. The molecule has 0 aromatic heterocycles. The van der Waals surface area contributed by atoms with E-state index in [1.165, 1.54) is 7.11 Å². The highest BCUT2D eigenvalue weighted by molar-refractivity contribution is 5.90. The van der Waals surface area contributed by atoms with Crippen LogP contribution in [-0.4, -0.2) is 13.1 Å². The molecule has 0 radical (unpaired) electrons. The van der Waals surface area contributed by atoms with Crippen LogP contribution in [0.25, 0.3) is 0 Å². The Labute approximate surface area is 54.8 Å². The number of esters is 1. The van der Waals surface area contributed by atoms with Crippen molar-refractivity contribution >= 4 is 5.97 Å². The zero-order chi connectivity index (χ0) is 7.28. The monoisotopic (exact) mass is 126 g/mol. The molecule has 0 saturated heterocycles. The van der Waals surface area contributed by atoms with Gasteiger partial charge in [-0.3, -0.25) is 0 Å². The highest BCUT2D eigenvalue weighted by atomic mass is 16.5. The van der Waals surface area contributed by atoms with E-state index in [0.717, 1.165) is 0 Å². The van der Waals surface area contributed by atoms with E-state index in [0.29, 0.717) is 5.57 Å². The van der Waals surface area contributed by atoms with Crippen LogP contribution in [-0.2, 0) is 9.53 Å². The van der Waals surface area contributed by atoms with Gasteiger partial charge in [-0.25, -0.2) is 4.79 Å². The molecular weight excluding hydrogens is 116 g/mol. The van der Waals surface area contributed by atoms with E-state index in [9.17, 15) is 4.79 Å². The third-order valence-corrected chi connectivity index (χ3v) is 0.815. The van der Waals surface area contributed by atoms with Crippen LogP contribution in [0, 0.1) is 0 Å². The van der Waals surface area contributed by atoms with Crippen LogP contribution < -0.4 is 0 Å². The molecule has 0 aliphatic heterocycles. The summed E-state index contributed by atoms with van der Waals surface area (Å²) in [5, 5.41) is 0. The maximum Gasteiger partial charge on any atom is 0.337 e. The standard InChI is InChI=1S/C7H10O2/c1-4-5-6(2)7(8)9-3/h4-5H,2H2,1,3H3. The van der Waals surface area contributed by atoms with Crippen molar-refractivity contribution in [2.45, 2.75) is 6.92 Å². The van der Waals surface area contributed by atoms with Gasteiger partial charge in [0.05, 0.1) is 12.7 Å². The van der Waals surface area contributed by atoms with Gasteiger partial charge in [0.25, 0.3) is 0 Å². The molecule has 0 aromatic rings. The van der Waals surface area contributed by atoms with Crippen LogP contribution >= 0.6 is 0 Å². The molecule has 9 heavy (non-hydrogen) atoms. The lowest BCUT2D eigenvalue weighted by atomic mass is 10.3. The summed E-state index contributed by atoms with van der Waals surface area (Å²) in [7, 11) is 1.33. The first-order chi connectivity index (χ1) is 4.22. The number of carbonyl (C=O) groups excluding carboxylic acids is 1. The fourth-order valence-corrected chi connectivity index (χ4v) is 0.400. The van der Waals surface area contributed by atoms with E-state index in [-0.39, 0.29) is 5.97 Å². The van der Waals surface area contributed by atoms with Crippen LogP contribution in [0.5, 0.6) is 0 Å². The lowest BCUT2D eigenvalue weighted by Gasteiger charge is -1.93. The van der Waals surface area contributed by atoms with E-state index in [1.807, 2.05) is 6.92 Å². The lowest BCUT2D eigenvalue weighted by molar-refractivity contribution is -0.135. The molecule has 0 aromatic carbocycles. The number of carbonyl (C=O) groups is 1. The fraction of sp³-hybridized carbons (Fsp3) is 0.286. The number of rotatable bonds is 2. The van der Waals surface area contributed by atoms with Gasteiger partial charge in [0, 0.05) is 0 Å². The van der Waals surface area contributed by atoms with E-state index in [4.69, 9.17) is 0 Å². The van der Waals surface area contributed by atoms with Gasteiger partial charge in [-0.1, -0.05) is 18.7 Å². The second-order valence-electron chi connectivity index (χ2n) is 1.52. The summed E-state index contributed by atoms with van der Waals surface area (Å²) in [5.41, 5.74) is 0.375. The van der Waals surface area contributed by atoms with Gasteiger partial charge in [-0.15, -0.1) is 0 Å². The number of hydrogen-bond acceptors (Lipinski definition) is 2. The van der Waals surface area contributed by atoms with Crippen LogP contribution in [0.1, 0.15) is 6.92 Å². The third kappa shape index (κ3) is 2.69. The summed E-state index contributed by atoms with van der Waals surface area (Å²) in [4.78, 5) is 10.5. The molecule has 0 unspecified atom stereocenters. The van der Waals surface area contributed by atoms with Crippen LogP contribution in [0.15, 0.2) is 24.3 Å². The Balaban J connectivity index is 3.89. The predicted molar refractivity (Wildman–Crippen MR) is 36.0 cm³/mol. The molecule has 0 saturated carbocycles. The zero-order valence-electron chi connectivity index (χ0n) is 5.68. The van der Waals surface area contributed by atoms with Crippen molar-refractivity contribution in [1.29, 1.82) is 0 Å². The van der Waals surface area contributed by atoms with Crippen LogP contribution in [0.4, 0.5) is 0 Å². The smallest absolute Gasteiger partial charge is 0.337 e. The highest BCUT2D eigenvalue weighted by Crippen LogP contribution is 1.93. The first-order valence-corrected chi connectivity index (χ1v) is 2.62. The highest BCUT2D eigenvalue weighted by Gasteiger charge is 1.99. The van der Waals surface area contributed by atoms with Gasteiger partial charge >= 0.3 is 5.97 Å². The molecule has 2 nitrogen and oxygen atoms in total. The van der Waals surface area contributed by atoms with E-state index >= 15 is 0 Å². The molecule has 0 atom stereocenters. The van der Waals surface area contributed by atoms with Crippen LogP contribution in [0.3, 0.4) is 0 Å². The summed E-state index contributed by atoms with van der Waals surface area (Å²) >= 11 is 0. The summed E-state index contributed by atoms with van der Waals surface area (Å²) in [6, 6.07) is 0. The molecule has 0 spiro atoms. The summed E-state index contributed by atoms with van der Waals surface area (Å²) < 4.78 is 4.37. The quantitative estimate of drug-likeness (QED) is 0.316. The molecule has 50 valence electrons. The second-order valence-corrected chi connectivity index (χ2v) is 1.52. The minimum Gasteiger partial charge on any atom is -0.465 e. The van der Waals surface area contributed by atoms with Gasteiger partial charge < -0.3 is 4.74 Å². The Morgan fingerprint density at radius 3 is 2.56 bits per heavy atom. The lowest BCUT2D eigenvalue weighted by Crippen LogP contribution is -2.00. The Morgan fingerprint density at radius 1 is 1.67 bits per heavy atom. The Morgan fingerprint density at radius 2 is 2.22 bits per heavy atom. The molecular formula is C7H10O2. The van der Waals surface area contributed by atoms with Crippen molar-refractivity contribution in [3.05, 3.63) is 24.3 Å². The average molecular weight is 126 g/mol. The SMILES string of the molecule is C=C(C=CC)C(=O)OC. The van der Waals surface area contributed by atoms with Gasteiger partial charge in [-0.2, -0.15) is 0 Å². The van der Waals surface area contributed by atoms with E-state index in [2.05, 4.69) is 11.3 Å². The van der Waals surface area contributed by atoms with Crippen molar-refractivity contribution in [2.24, 2.45) is 0 Å². The molecule has 0 aliphatic carbocycles. The molecule has 2 heteroatoms. The number of allylic oxidation sites excluding steroid dienone is 1. The maximum atomic E-state index is 10.5. The second kappa shape index (κ2) is 3.89. The molecule has 0 aliphatic rings. The predicted octanol–water partition coefficient (Wildman–Crippen LogP) is 1.29. The number of hydrogen-bond donors (Lipinski definition) is 0.